The molecule has 1 aromatic heterocycles. The fourth-order valence-corrected chi connectivity index (χ4v) is 1.71. The second-order valence-corrected chi connectivity index (χ2v) is 3.77. The van der Waals surface area contributed by atoms with Gasteiger partial charge in [0.1, 0.15) is 11.5 Å². The Hall–Kier alpha value is -1.30. The summed E-state index contributed by atoms with van der Waals surface area (Å²) < 4.78 is 37.2. The summed E-state index contributed by atoms with van der Waals surface area (Å²) in [6.07, 6.45) is -4.33. The van der Waals surface area contributed by atoms with E-state index in [-0.39, 0.29) is 5.82 Å². The van der Waals surface area contributed by atoms with E-state index in [1.54, 1.807) is 4.90 Å². The predicted molar refractivity (Wildman–Crippen MR) is 52.1 cm³/mol. The van der Waals surface area contributed by atoms with Crippen molar-refractivity contribution in [2.75, 3.05) is 18.0 Å². The summed E-state index contributed by atoms with van der Waals surface area (Å²) in [5, 5.41) is 9.30. The Morgan fingerprint density at radius 1 is 1.38 bits per heavy atom. The highest BCUT2D eigenvalue weighted by atomic mass is 19.4. The number of alkyl halides is 3. The molecule has 2 rings (SSSR count). The first-order chi connectivity index (χ1) is 7.47. The van der Waals surface area contributed by atoms with Crippen LogP contribution in [-0.2, 0) is 6.18 Å². The molecule has 0 saturated carbocycles. The second-order valence-electron chi connectivity index (χ2n) is 3.77. The fraction of sp³-hybridized carbons (Fsp3) is 0.500. The fourth-order valence-electron chi connectivity index (χ4n) is 1.71. The van der Waals surface area contributed by atoms with E-state index in [0.717, 1.165) is 6.07 Å². The van der Waals surface area contributed by atoms with Crippen LogP contribution < -0.4 is 4.90 Å². The van der Waals surface area contributed by atoms with Crippen LogP contribution in [0.4, 0.5) is 19.0 Å². The summed E-state index contributed by atoms with van der Waals surface area (Å²) in [6, 6.07) is 3.79. The van der Waals surface area contributed by atoms with Crippen molar-refractivity contribution in [1.29, 1.82) is 0 Å². The summed E-state index contributed by atoms with van der Waals surface area (Å²) in [7, 11) is 0. The van der Waals surface area contributed by atoms with Crippen molar-refractivity contribution in [3.63, 3.8) is 0 Å². The van der Waals surface area contributed by atoms with Gasteiger partial charge in [-0.3, -0.25) is 0 Å². The highest BCUT2D eigenvalue weighted by Gasteiger charge is 2.33. The van der Waals surface area contributed by atoms with E-state index in [4.69, 9.17) is 0 Å². The lowest BCUT2D eigenvalue weighted by atomic mass is 10.3. The Morgan fingerprint density at radius 2 is 2.12 bits per heavy atom. The van der Waals surface area contributed by atoms with Crippen LogP contribution in [0.1, 0.15) is 12.1 Å². The van der Waals surface area contributed by atoms with E-state index >= 15 is 0 Å². The van der Waals surface area contributed by atoms with Crippen molar-refractivity contribution in [1.82, 2.24) is 4.98 Å². The van der Waals surface area contributed by atoms with Gasteiger partial charge < -0.3 is 10.0 Å². The minimum absolute atomic E-state index is 0.270. The third-order valence-corrected chi connectivity index (χ3v) is 2.51. The average Bonchev–Trinajstić information content (AvgIpc) is 2.64. The van der Waals surface area contributed by atoms with Crippen LogP contribution in [0.15, 0.2) is 18.2 Å². The van der Waals surface area contributed by atoms with Crippen molar-refractivity contribution < 1.29 is 18.3 Å². The van der Waals surface area contributed by atoms with Crippen molar-refractivity contribution in [2.45, 2.75) is 18.7 Å². The maximum atomic E-state index is 12.4. The first-order valence-corrected chi connectivity index (χ1v) is 4.94. The molecule has 1 N–H and O–H groups in total. The normalized spacial score (nSPS) is 21.5. The summed E-state index contributed by atoms with van der Waals surface area (Å²) in [5.74, 6) is 0.270. The molecule has 0 aromatic carbocycles. The zero-order valence-corrected chi connectivity index (χ0v) is 8.41. The lowest BCUT2D eigenvalue weighted by Gasteiger charge is -2.17. The van der Waals surface area contributed by atoms with Crippen LogP contribution in [0.25, 0.3) is 0 Å². The third kappa shape index (κ3) is 2.27. The number of aromatic nitrogens is 1. The maximum Gasteiger partial charge on any atom is 0.433 e. The van der Waals surface area contributed by atoms with Gasteiger partial charge in [-0.25, -0.2) is 4.98 Å². The number of pyridine rings is 1. The van der Waals surface area contributed by atoms with E-state index in [9.17, 15) is 18.3 Å². The van der Waals surface area contributed by atoms with Crippen molar-refractivity contribution >= 4 is 5.82 Å². The van der Waals surface area contributed by atoms with Crippen LogP contribution in [0, 0.1) is 0 Å². The second kappa shape index (κ2) is 3.93. The number of nitrogens with zero attached hydrogens (tertiary/aromatic N) is 2. The third-order valence-electron chi connectivity index (χ3n) is 2.51. The maximum absolute atomic E-state index is 12.4. The van der Waals surface area contributed by atoms with Crippen LogP contribution >= 0.6 is 0 Å². The first-order valence-electron chi connectivity index (χ1n) is 4.94. The zero-order chi connectivity index (χ0) is 11.8. The molecule has 3 nitrogen and oxygen atoms in total. The van der Waals surface area contributed by atoms with Gasteiger partial charge >= 0.3 is 6.18 Å². The van der Waals surface area contributed by atoms with E-state index in [2.05, 4.69) is 4.98 Å². The number of hydrogen-bond donors (Lipinski definition) is 1. The molecule has 0 spiro atoms. The Kier molecular flexibility index (Phi) is 2.75. The number of hydrogen-bond acceptors (Lipinski definition) is 3. The molecule has 1 aliphatic heterocycles. The quantitative estimate of drug-likeness (QED) is 0.800. The molecule has 0 amide bonds. The van der Waals surface area contributed by atoms with Gasteiger partial charge in [-0.2, -0.15) is 13.2 Å². The van der Waals surface area contributed by atoms with E-state index in [1.165, 1.54) is 12.1 Å². The molecule has 1 fully saturated rings. The molecule has 0 aliphatic carbocycles. The number of halogens is 3. The van der Waals surface area contributed by atoms with Crippen molar-refractivity contribution in [3.05, 3.63) is 23.9 Å². The summed E-state index contributed by atoms with van der Waals surface area (Å²) in [6.45, 7) is 0.879. The minimum atomic E-state index is -4.42. The van der Waals surface area contributed by atoms with Crippen LogP contribution in [0.5, 0.6) is 0 Å². The predicted octanol–water partition coefficient (Wildman–Crippen LogP) is 1.67. The Morgan fingerprint density at radius 3 is 2.69 bits per heavy atom. The molecule has 88 valence electrons. The lowest BCUT2D eigenvalue weighted by molar-refractivity contribution is -0.141. The largest absolute Gasteiger partial charge is 0.433 e. The molecule has 0 radical (unpaired) electrons. The summed E-state index contributed by atoms with van der Waals surface area (Å²) in [4.78, 5) is 5.20. The Labute approximate surface area is 90.5 Å². The molecule has 6 heteroatoms. The molecular weight excluding hydrogens is 221 g/mol. The number of rotatable bonds is 1. The van der Waals surface area contributed by atoms with E-state index < -0.39 is 18.0 Å². The lowest BCUT2D eigenvalue weighted by Crippen LogP contribution is -2.23. The van der Waals surface area contributed by atoms with Crippen LogP contribution in [-0.4, -0.2) is 29.3 Å². The number of β-amino-alcohol motifs (C(OH)–C–C–N with tert-alkyl or cyclic N) is 1. The molecule has 2 heterocycles. The molecule has 16 heavy (non-hydrogen) atoms. The number of aliphatic hydroxyl groups excluding tert-OH is 1. The number of anilines is 1. The van der Waals surface area contributed by atoms with Crippen LogP contribution in [0.2, 0.25) is 0 Å². The summed E-state index contributed by atoms with van der Waals surface area (Å²) in [5.41, 5.74) is -0.897. The molecular formula is C10H11F3N2O. The molecule has 1 saturated heterocycles. The Bertz CT molecular complexity index is 381. The van der Waals surface area contributed by atoms with Crippen LogP contribution in [0.3, 0.4) is 0 Å². The minimum Gasteiger partial charge on any atom is -0.391 e. The van der Waals surface area contributed by atoms with Gasteiger partial charge in [0.2, 0.25) is 0 Å². The molecule has 1 atom stereocenters. The molecule has 1 unspecified atom stereocenters. The monoisotopic (exact) mass is 232 g/mol. The highest BCUT2D eigenvalue weighted by Crippen LogP contribution is 2.29. The zero-order valence-electron chi connectivity index (χ0n) is 8.41. The molecule has 0 bridgehead atoms. The molecule has 1 aromatic rings. The van der Waals surface area contributed by atoms with Gasteiger partial charge in [-0.05, 0) is 18.6 Å². The van der Waals surface area contributed by atoms with Gasteiger partial charge in [-0.1, -0.05) is 6.07 Å². The highest BCUT2D eigenvalue weighted by molar-refractivity contribution is 5.41. The molecule has 1 aliphatic rings. The Balaban J connectivity index is 2.23. The topological polar surface area (TPSA) is 36.4 Å². The van der Waals surface area contributed by atoms with Crippen molar-refractivity contribution in [3.8, 4) is 0 Å². The van der Waals surface area contributed by atoms with E-state index in [0.29, 0.717) is 19.5 Å². The standard InChI is InChI=1S/C10H11F3N2O/c11-10(12,13)8-2-1-3-9(14-8)15-5-4-7(16)6-15/h1-3,7,16H,4-6H2. The van der Waals surface area contributed by atoms with Crippen molar-refractivity contribution in [2.24, 2.45) is 0 Å². The van der Waals surface area contributed by atoms with Gasteiger partial charge in [0.25, 0.3) is 0 Å². The SMILES string of the molecule is OC1CCN(c2cccc(C(F)(F)F)n2)C1. The van der Waals surface area contributed by atoms with Gasteiger partial charge in [-0.15, -0.1) is 0 Å². The smallest absolute Gasteiger partial charge is 0.391 e. The van der Waals surface area contributed by atoms with Gasteiger partial charge in [0.05, 0.1) is 6.10 Å². The van der Waals surface area contributed by atoms with E-state index in [1.807, 2.05) is 0 Å². The van der Waals surface area contributed by atoms with Gasteiger partial charge in [0, 0.05) is 13.1 Å². The average molecular weight is 232 g/mol. The number of aliphatic hydroxyl groups is 1. The summed E-state index contributed by atoms with van der Waals surface area (Å²) >= 11 is 0. The first kappa shape index (κ1) is 11.2. The van der Waals surface area contributed by atoms with Gasteiger partial charge in [0.15, 0.2) is 0 Å².